The average molecular weight is 291 g/mol. The molecule has 0 aliphatic carbocycles. The van der Waals surface area contributed by atoms with E-state index in [1.807, 2.05) is 19.9 Å². The highest BCUT2D eigenvalue weighted by atomic mass is 32.1. The summed E-state index contributed by atoms with van der Waals surface area (Å²) in [7, 11) is 0. The molecular weight excluding hydrogens is 274 g/mol. The van der Waals surface area contributed by atoms with Crippen molar-refractivity contribution in [2.75, 3.05) is 12.3 Å². The van der Waals surface area contributed by atoms with E-state index in [-0.39, 0.29) is 11.9 Å². The second kappa shape index (κ2) is 6.00. The van der Waals surface area contributed by atoms with Gasteiger partial charge in [-0.2, -0.15) is 0 Å². The highest BCUT2D eigenvalue weighted by Gasteiger charge is 2.22. The van der Waals surface area contributed by atoms with Crippen LogP contribution in [0, 0.1) is 0 Å². The number of nitrogens with two attached hydrogens (primary N) is 1. The summed E-state index contributed by atoms with van der Waals surface area (Å²) in [5.41, 5.74) is 7.35. The summed E-state index contributed by atoms with van der Waals surface area (Å²) in [6, 6.07) is 3.65. The Morgan fingerprint density at radius 1 is 1.50 bits per heavy atom. The maximum atomic E-state index is 12.0. The van der Waals surface area contributed by atoms with E-state index in [1.54, 1.807) is 19.2 Å². The summed E-state index contributed by atoms with van der Waals surface area (Å²) in [5, 5.41) is 0.697. The average Bonchev–Trinajstić information content (AvgIpc) is 2.84. The van der Waals surface area contributed by atoms with Crippen molar-refractivity contribution >= 4 is 23.1 Å². The van der Waals surface area contributed by atoms with Crippen LogP contribution in [-0.2, 0) is 4.74 Å². The molecule has 0 aromatic carbocycles. The molecule has 0 radical (unpaired) electrons. The van der Waals surface area contributed by atoms with Crippen LogP contribution >= 0.6 is 11.3 Å². The Hall–Kier alpha value is -1.95. The lowest BCUT2D eigenvalue weighted by Gasteiger charge is -2.04. The Labute approximate surface area is 121 Å². The molecule has 0 atom stereocenters. The van der Waals surface area contributed by atoms with E-state index in [9.17, 15) is 4.79 Å². The number of hydrogen-bond acceptors (Lipinski definition) is 6. The molecule has 0 aliphatic heterocycles. The van der Waals surface area contributed by atoms with Gasteiger partial charge in [0, 0.05) is 6.20 Å². The van der Waals surface area contributed by atoms with Gasteiger partial charge in [-0.25, -0.2) is 14.8 Å². The van der Waals surface area contributed by atoms with Crippen LogP contribution < -0.4 is 5.73 Å². The number of nitrogen functional groups attached to an aromatic ring is 1. The van der Waals surface area contributed by atoms with Crippen molar-refractivity contribution in [3.8, 4) is 10.6 Å². The molecule has 2 heterocycles. The number of esters is 1. The molecule has 0 saturated carbocycles. The quantitative estimate of drug-likeness (QED) is 0.876. The van der Waals surface area contributed by atoms with Gasteiger partial charge in [0.2, 0.25) is 0 Å². The van der Waals surface area contributed by atoms with Gasteiger partial charge in [-0.15, -0.1) is 11.3 Å². The van der Waals surface area contributed by atoms with Gasteiger partial charge in [0.15, 0.2) is 0 Å². The van der Waals surface area contributed by atoms with E-state index >= 15 is 0 Å². The monoisotopic (exact) mass is 291 g/mol. The van der Waals surface area contributed by atoms with E-state index in [0.717, 1.165) is 11.3 Å². The smallest absolute Gasteiger partial charge is 0.350 e. The molecule has 0 bridgehead atoms. The number of nitrogens with zero attached hydrogens (tertiary/aromatic N) is 2. The largest absolute Gasteiger partial charge is 0.462 e. The minimum atomic E-state index is -0.331. The minimum absolute atomic E-state index is 0.136. The van der Waals surface area contributed by atoms with Crippen molar-refractivity contribution in [2.24, 2.45) is 0 Å². The molecule has 5 nitrogen and oxygen atoms in total. The molecular formula is C14H17N3O2S. The number of pyridine rings is 1. The van der Waals surface area contributed by atoms with Crippen LogP contribution in [0.2, 0.25) is 0 Å². The third-order valence-electron chi connectivity index (χ3n) is 2.73. The zero-order chi connectivity index (χ0) is 14.7. The number of aromatic nitrogens is 2. The van der Waals surface area contributed by atoms with Crippen LogP contribution in [-0.4, -0.2) is 22.5 Å². The summed E-state index contributed by atoms with van der Waals surface area (Å²) >= 11 is 1.30. The maximum Gasteiger partial charge on any atom is 0.350 e. The molecule has 0 amide bonds. The highest BCUT2D eigenvalue weighted by Crippen LogP contribution is 2.34. The van der Waals surface area contributed by atoms with Crippen LogP contribution in [0.3, 0.4) is 0 Å². The highest BCUT2D eigenvalue weighted by molar-refractivity contribution is 7.17. The van der Waals surface area contributed by atoms with Gasteiger partial charge in [-0.05, 0) is 25.0 Å². The molecule has 0 fully saturated rings. The number of carbonyl (C=O) groups excluding carboxylic acids is 1. The predicted molar refractivity (Wildman–Crippen MR) is 79.8 cm³/mol. The Morgan fingerprint density at radius 3 is 2.85 bits per heavy atom. The van der Waals surface area contributed by atoms with Crippen LogP contribution in [0.5, 0.6) is 0 Å². The van der Waals surface area contributed by atoms with Gasteiger partial charge in [0.05, 0.1) is 17.9 Å². The normalized spacial score (nSPS) is 10.8. The second-order valence-electron chi connectivity index (χ2n) is 4.54. The lowest BCUT2D eigenvalue weighted by molar-refractivity contribution is 0.0530. The predicted octanol–water partition coefficient (Wildman–Crippen LogP) is 3.09. The number of anilines is 1. The lowest BCUT2D eigenvalue weighted by atomic mass is 10.1. The van der Waals surface area contributed by atoms with Crippen LogP contribution in [0.1, 0.15) is 42.1 Å². The van der Waals surface area contributed by atoms with Crippen LogP contribution in [0.15, 0.2) is 18.3 Å². The molecule has 2 aromatic heterocycles. The van der Waals surface area contributed by atoms with Gasteiger partial charge in [-0.1, -0.05) is 13.8 Å². The molecule has 2 N–H and O–H groups in total. The van der Waals surface area contributed by atoms with Crippen molar-refractivity contribution in [1.29, 1.82) is 0 Å². The summed E-state index contributed by atoms with van der Waals surface area (Å²) in [4.78, 5) is 21.1. The zero-order valence-corrected chi connectivity index (χ0v) is 12.5. The molecule has 0 aliphatic rings. The molecule has 0 saturated heterocycles. The number of rotatable bonds is 4. The first-order chi connectivity index (χ1) is 9.54. The summed E-state index contributed by atoms with van der Waals surface area (Å²) in [5.74, 6) is 0.215. The standard InChI is InChI=1S/C14H17N3O2S/c1-4-19-14(18)11-10(8(2)3)17-13(20-11)9-6-5-7-16-12(9)15/h5-8H,4H2,1-3H3,(H2,15,16). The first-order valence-corrected chi connectivity index (χ1v) is 7.25. The van der Waals surface area contributed by atoms with E-state index < -0.39 is 0 Å². The molecule has 6 heteroatoms. The summed E-state index contributed by atoms with van der Waals surface area (Å²) in [6.45, 7) is 6.12. The van der Waals surface area contributed by atoms with Crippen molar-refractivity contribution < 1.29 is 9.53 Å². The number of thiazole rings is 1. The fourth-order valence-corrected chi connectivity index (χ4v) is 2.93. The number of ether oxygens (including phenoxy) is 1. The number of carbonyl (C=O) groups is 1. The van der Waals surface area contributed by atoms with Gasteiger partial charge in [0.25, 0.3) is 0 Å². The third kappa shape index (κ3) is 2.80. The van der Waals surface area contributed by atoms with E-state index in [4.69, 9.17) is 10.5 Å². The van der Waals surface area contributed by atoms with Crippen molar-refractivity contribution in [3.63, 3.8) is 0 Å². The Morgan fingerprint density at radius 2 is 2.25 bits per heavy atom. The van der Waals surface area contributed by atoms with Gasteiger partial charge >= 0.3 is 5.97 Å². The van der Waals surface area contributed by atoms with Gasteiger partial charge in [-0.3, -0.25) is 0 Å². The Bertz CT molecular complexity index is 623. The fraction of sp³-hybridized carbons (Fsp3) is 0.357. The molecule has 2 rings (SSSR count). The first-order valence-electron chi connectivity index (χ1n) is 6.43. The lowest BCUT2D eigenvalue weighted by Crippen LogP contribution is -2.06. The molecule has 106 valence electrons. The molecule has 20 heavy (non-hydrogen) atoms. The van der Waals surface area contributed by atoms with E-state index in [2.05, 4.69) is 9.97 Å². The van der Waals surface area contributed by atoms with Crippen molar-refractivity contribution in [2.45, 2.75) is 26.7 Å². The minimum Gasteiger partial charge on any atom is -0.462 e. The van der Waals surface area contributed by atoms with Crippen LogP contribution in [0.4, 0.5) is 5.82 Å². The first kappa shape index (κ1) is 14.5. The van der Waals surface area contributed by atoms with Crippen molar-refractivity contribution in [3.05, 3.63) is 28.9 Å². The van der Waals surface area contributed by atoms with E-state index in [1.165, 1.54) is 11.3 Å². The van der Waals surface area contributed by atoms with Crippen LogP contribution in [0.25, 0.3) is 10.6 Å². The second-order valence-corrected chi connectivity index (χ2v) is 5.54. The Kier molecular flexibility index (Phi) is 4.34. The van der Waals surface area contributed by atoms with Gasteiger partial charge < -0.3 is 10.5 Å². The van der Waals surface area contributed by atoms with Crippen molar-refractivity contribution in [1.82, 2.24) is 9.97 Å². The molecule has 0 spiro atoms. The molecule has 2 aromatic rings. The molecule has 0 unspecified atom stereocenters. The van der Waals surface area contributed by atoms with Gasteiger partial charge in [0.1, 0.15) is 15.7 Å². The summed E-state index contributed by atoms with van der Waals surface area (Å²) < 4.78 is 5.08. The topological polar surface area (TPSA) is 78.1 Å². The number of hydrogen-bond donors (Lipinski definition) is 1. The maximum absolute atomic E-state index is 12.0. The SMILES string of the molecule is CCOC(=O)c1sc(-c2cccnc2N)nc1C(C)C. The summed E-state index contributed by atoms with van der Waals surface area (Å²) in [6.07, 6.45) is 1.63. The fourth-order valence-electron chi connectivity index (χ4n) is 1.78. The third-order valence-corrected chi connectivity index (χ3v) is 3.81. The Balaban J connectivity index is 2.50. The van der Waals surface area contributed by atoms with E-state index in [0.29, 0.717) is 22.3 Å². The zero-order valence-electron chi connectivity index (χ0n) is 11.7.